The quantitative estimate of drug-likeness (QED) is 0.600. The second-order valence-corrected chi connectivity index (χ2v) is 6.36. The molecule has 1 atom stereocenters. The minimum absolute atomic E-state index is 0.0340. The molecule has 0 saturated carbocycles. The van der Waals surface area contributed by atoms with Gasteiger partial charge in [0.1, 0.15) is 5.75 Å². The molecule has 0 aliphatic carbocycles. The summed E-state index contributed by atoms with van der Waals surface area (Å²) in [5.41, 5.74) is 2.71. The van der Waals surface area contributed by atoms with Gasteiger partial charge in [-0.1, -0.05) is 35.9 Å². The van der Waals surface area contributed by atoms with Crippen LogP contribution in [0.1, 0.15) is 23.6 Å². The molecule has 0 N–H and O–H groups in total. The van der Waals surface area contributed by atoms with Gasteiger partial charge in [0.2, 0.25) is 0 Å². The summed E-state index contributed by atoms with van der Waals surface area (Å²) in [5, 5.41) is 11.0. The van der Waals surface area contributed by atoms with E-state index in [1.54, 1.807) is 6.07 Å². The number of halogens is 1. The highest BCUT2D eigenvalue weighted by molar-refractivity contribution is 6.32. The van der Waals surface area contributed by atoms with Crippen LogP contribution < -0.4 is 4.74 Å². The predicted molar refractivity (Wildman–Crippen MR) is 93.7 cm³/mol. The highest BCUT2D eigenvalue weighted by atomic mass is 35.5. The third kappa shape index (κ3) is 3.52. The maximum atomic E-state index is 10.7. The number of non-ortho nitro benzene ring substituents is 1. The van der Waals surface area contributed by atoms with E-state index in [0.29, 0.717) is 18.4 Å². The van der Waals surface area contributed by atoms with E-state index in [0.717, 1.165) is 19.4 Å². The predicted octanol–water partition coefficient (Wildman–Crippen LogP) is 4.25. The number of nitrogens with zero attached hydrogens (tertiary/aromatic N) is 2. The minimum Gasteiger partial charge on any atom is -0.492 e. The number of likely N-dealkylation sites (N-methyl/N-ethyl adjacent to an activating group) is 1. The normalized spacial score (nSPS) is 17.3. The fourth-order valence-electron chi connectivity index (χ4n) is 3.15. The summed E-state index contributed by atoms with van der Waals surface area (Å²) in [6.45, 7) is 1.53. The van der Waals surface area contributed by atoms with Crippen molar-refractivity contribution < 1.29 is 9.66 Å². The average molecular weight is 347 g/mol. The lowest BCUT2D eigenvalue weighted by Gasteiger charge is -2.34. The zero-order valence-corrected chi connectivity index (χ0v) is 14.2. The van der Waals surface area contributed by atoms with Crippen LogP contribution in [0.2, 0.25) is 5.02 Å². The molecule has 0 aromatic heterocycles. The van der Waals surface area contributed by atoms with Crippen molar-refractivity contribution in [2.75, 3.05) is 20.2 Å². The lowest BCUT2D eigenvalue weighted by atomic mass is 9.91. The Kier molecular flexibility index (Phi) is 5.02. The number of benzene rings is 2. The van der Waals surface area contributed by atoms with Crippen LogP contribution in [0.4, 0.5) is 5.69 Å². The van der Waals surface area contributed by atoms with Crippen LogP contribution in [0.3, 0.4) is 0 Å². The number of fused-ring (bicyclic) bond motifs is 1. The zero-order chi connectivity index (χ0) is 17.1. The molecule has 0 fully saturated rings. The molecule has 0 spiro atoms. The van der Waals surface area contributed by atoms with Crippen LogP contribution in [-0.2, 0) is 6.42 Å². The van der Waals surface area contributed by atoms with Gasteiger partial charge in [0.15, 0.2) is 0 Å². The van der Waals surface area contributed by atoms with Gasteiger partial charge in [-0.25, -0.2) is 0 Å². The fourth-order valence-corrected chi connectivity index (χ4v) is 3.38. The highest BCUT2D eigenvalue weighted by Crippen LogP contribution is 2.32. The van der Waals surface area contributed by atoms with Crippen LogP contribution in [0.25, 0.3) is 0 Å². The van der Waals surface area contributed by atoms with Gasteiger partial charge in [0.25, 0.3) is 5.69 Å². The monoisotopic (exact) mass is 346 g/mol. The first-order chi connectivity index (χ1) is 11.6. The smallest absolute Gasteiger partial charge is 0.271 e. The average Bonchev–Trinajstić information content (AvgIpc) is 2.58. The number of nitro groups is 1. The SMILES string of the molecule is CN1CCc2ccccc2[C@H]1CCOc1ccc([N+](=O)[O-])cc1Cl. The van der Waals surface area contributed by atoms with Crippen molar-refractivity contribution in [1.82, 2.24) is 4.90 Å². The van der Waals surface area contributed by atoms with E-state index < -0.39 is 4.92 Å². The molecule has 0 radical (unpaired) electrons. The van der Waals surface area contributed by atoms with E-state index in [4.69, 9.17) is 16.3 Å². The molecule has 0 bridgehead atoms. The fraction of sp³-hybridized carbons (Fsp3) is 0.333. The van der Waals surface area contributed by atoms with Crippen LogP contribution in [0.5, 0.6) is 5.75 Å². The first-order valence-electron chi connectivity index (χ1n) is 7.91. The molecule has 2 aromatic rings. The van der Waals surface area contributed by atoms with E-state index in [-0.39, 0.29) is 10.7 Å². The number of nitro benzene ring substituents is 1. The highest BCUT2D eigenvalue weighted by Gasteiger charge is 2.24. The maximum Gasteiger partial charge on any atom is 0.271 e. The van der Waals surface area contributed by atoms with Gasteiger partial charge >= 0.3 is 0 Å². The van der Waals surface area contributed by atoms with E-state index >= 15 is 0 Å². The summed E-state index contributed by atoms with van der Waals surface area (Å²) in [4.78, 5) is 12.6. The molecule has 1 aliphatic heterocycles. The number of ether oxygens (including phenoxy) is 1. The molecular formula is C18H19ClN2O3. The van der Waals surface area contributed by atoms with Crippen molar-refractivity contribution in [3.63, 3.8) is 0 Å². The summed E-state index contributed by atoms with van der Waals surface area (Å²) in [6.07, 6.45) is 1.90. The van der Waals surface area contributed by atoms with Crippen molar-refractivity contribution in [2.45, 2.75) is 18.9 Å². The second-order valence-electron chi connectivity index (χ2n) is 5.95. The zero-order valence-electron chi connectivity index (χ0n) is 13.4. The lowest BCUT2D eigenvalue weighted by Crippen LogP contribution is -2.33. The Hall–Kier alpha value is -2.11. The van der Waals surface area contributed by atoms with Gasteiger partial charge in [-0.05, 0) is 30.7 Å². The second kappa shape index (κ2) is 7.20. The first kappa shape index (κ1) is 16.7. The Bertz CT molecular complexity index is 751. The molecule has 5 nitrogen and oxygen atoms in total. The van der Waals surface area contributed by atoms with Crippen molar-refractivity contribution >= 4 is 17.3 Å². The van der Waals surface area contributed by atoms with Gasteiger partial charge in [-0.2, -0.15) is 0 Å². The van der Waals surface area contributed by atoms with Crippen LogP contribution in [-0.4, -0.2) is 30.0 Å². The molecule has 0 amide bonds. The molecule has 0 unspecified atom stereocenters. The van der Waals surface area contributed by atoms with E-state index in [2.05, 4.69) is 36.2 Å². The molecule has 126 valence electrons. The Morgan fingerprint density at radius 1 is 1.33 bits per heavy atom. The summed E-state index contributed by atoms with van der Waals surface area (Å²) in [6, 6.07) is 13.1. The Labute approximate surface area is 146 Å². The molecule has 1 aliphatic rings. The van der Waals surface area contributed by atoms with Crippen molar-refractivity contribution in [3.05, 3.63) is 68.7 Å². The molecular weight excluding hydrogens is 328 g/mol. The maximum absolute atomic E-state index is 10.7. The van der Waals surface area contributed by atoms with Crippen LogP contribution in [0, 0.1) is 10.1 Å². The standard InChI is InChI=1S/C18H19ClN2O3/c1-20-10-8-13-4-2-3-5-15(13)17(20)9-11-24-18-7-6-14(21(22)23)12-16(18)19/h2-7,12,17H,8-11H2,1H3/t17-/m1/s1. The van der Waals surface area contributed by atoms with Crippen LogP contribution >= 0.6 is 11.6 Å². The third-order valence-corrected chi connectivity index (χ3v) is 4.75. The van der Waals surface area contributed by atoms with E-state index in [1.807, 2.05) is 0 Å². The first-order valence-corrected chi connectivity index (χ1v) is 8.29. The number of rotatable bonds is 5. The molecule has 6 heteroatoms. The van der Waals surface area contributed by atoms with Crippen molar-refractivity contribution in [1.29, 1.82) is 0 Å². The molecule has 3 rings (SSSR count). The largest absolute Gasteiger partial charge is 0.492 e. The van der Waals surface area contributed by atoms with E-state index in [1.165, 1.54) is 23.3 Å². The summed E-state index contributed by atoms with van der Waals surface area (Å²) >= 11 is 6.06. The van der Waals surface area contributed by atoms with Crippen LogP contribution in [0.15, 0.2) is 42.5 Å². The Morgan fingerprint density at radius 3 is 2.88 bits per heavy atom. The Morgan fingerprint density at radius 2 is 2.12 bits per heavy atom. The van der Waals surface area contributed by atoms with Gasteiger partial charge in [-0.15, -0.1) is 0 Å². The third-order valence-electron chi connectivity index (χ3n) is 4.46. The summed E-state index contributed by atoms with van der Waals surface area (Å²) in [5.74, 6) is 0.481. The van der Waals surface area contributed by atoms with Gasteiger partial charge in [0, 0.05) is 31.1 Å². The summed E-state index contributed by atoms with van der Waals surface area (Å²) < 4.78 is 5.76. The molecule has 2 aromatic carbocycles. The molecule has 0 saturated heterocycles. The number of hydrogen-bond acceptors (Lipinski definition) is 4. The summed E-state index contributed by atoms with van der Waals surface area (Å²) in [7, 11) is 2.12. The Balaban J connectivity index is 1.65. The van der Waals surface area contributed by atoms with Gasteiger partial charge < -0.3 is 4.74 Å². The van der Waals surface area contributed by atoms with E-state index in [9.17, 15) is 10.1 Å². The molecule has 1 heterocycles. The van der Waals surface area contributed by atoms with Crippen molar-refractivity contribution in [3.8, 4) is 5.75 Å². The van der Waals surface area contributed by atoms with Gasteiger partial charge in [0.05, 0.1) is 16.6 Å². The number of hydrogen-bond donors (Lipinski definition) is 0. The molecule has 24 heavy (non-hydrogen) atoms. The lowest BCUT2D eigenvalue weighted by molar-refractivity contribution is -0.384. The van der Waals surface area contributed by atoms with Crippen molar-refractivity contribution in [2.24, 2.45) is 0 Å². The van der Waals surface area contributed by atoms with Gasteiger partial charge in [-0.3, -0.25) is 15.0 Å². The topological polar surface area (TPSA) is 55.6 Å². The minimum atomic E-state index is -0.469.